The quantitative estimate of drug-likeness (QED) is 0.228. The van der Waals surface area contributed by atoms with Crippen LogP contribution in [0.4, 0.5) is 0 Å². The molecule has 6 heteroatoms. The first-order valence-electron chi connectivity index (χ1n) is 4.35. The van der Waals surface area contributed by atoms with E-state index in [0.717, 1.165) is 0 Å². The Morgan fingerprint density at radius 2 is 2.64 bits per heavy atom. The summed E-state index contributed by atoms with van der Waals surface area (Å²) in [4.78, 5) is 14.0. The predicted molar refractivity (Wildman–Crippen MR) is 48.4 cm³/mol. The number of hydrogen-bond acceptors (Lipinski definition) is 4. The van der Waals surface area contributed by atoms with Crippen molar-refractivity contribution in [2.24, 2.45) is 5.11 Å². The maximum Gasteiger partial charge on any atom is 0.333 e. The Hall–Kier alpha value is -1.52. The first kappa shape index (κ1) is 9.05. The lowest BCUT2D eigenvalue weighted by atomic mass is 9.95. The Morgan fingerprint density at radius 1 is 1.86 bits per heavy atom. The number of carbonyl (C=O) groups is 1. The summed E-state index contributed by atoms with van der Waals surface area (Å²) < 4.78 is 4.61. The van der Waals surface area contributed by atoms with Gasteiger partial charge in [0.25, 0.3) is 0 Å². The van der Waals surface area contributed by atoms with E-state index in [1.165, 1.54) is 7.11 Å². The summed E-state index contributed by atoms with van der Waals surface area (Å²) in [5, 5.41) is 6.77. The molecule has 0 saturated carbocycles. The number of fused-ring (bicyclic) bond motifs is 1. The van der Waals surface area contributed by atoms with Crippen LogP contribution in [0.3, 0.4) is 0 Å². The van der Waals surface area contributed by atoms with Crippen molar-refractivity contribution in [2.45, 2.75) is 24.5 Å². The van der Waals surface area contributed by atoms with Crippen molar-refractivity contribution in [3.05, 3.63) is 22.1 Å². The molecule has 2 aliphatic rings. The van der Waals surface area contributed by atoms with Crippen LogP contribution in [0.15, 0.2) is 16.8 Å². The number of methoxy groups -OCH3 is 1. The van der Waals surface area contributed by atoms with Gasteiger partial charge in [0.05, 0.1) is 13.2 Å². The lowest BCUT2D eigenvalue weighted by Gasteiger charge is -2.14. The van der Waals surface area contributed by atoms with Crippen LogP contribution in [-0.4, -0.2) is 31.2 Å². The fourth-order valence-electron chi connectivity index (χ4n) is 1.77. The molecular formula is C8H10N4O2. The largest absolute Gasteiger partial charge is 0.466 e. The third-order valence-corrected chi connectivity index (χ3v) is 2.53. The summed E-state index contributed by atoms with van der Waals surface area (Å²) in [5.41, 5.74) is 8.93. The summed E-state index contributed by atoms with van der Waals surface area (Å²) >= 11 is 0. The van der Waals surface area contributed by atoms with Gasteiger partial charge in [-0.05, 0) is 12.0 Å². The van der Waals surface area contributed by atoms with Crippen molar-refractivity contribution >= 4 is 5.97 Å². The number of ether oxygens (including phenoxy) is 1. The highest BCUT2D eigenvalue weighted by molar-refractivity contribution is 5.89. The lowest BCUT2D eigenvalue weighted by Crippen LogP contribution is -2.23. The monoisotopic (exact) mass is 194 g/mol. The van der Waals surface area contributed by atoms with Crippen molar-refractivity contribution in [3.8, 4) is 0 Å². The summed E-state index contributed by atoms with van der Waals surface area (Å²) in [6, 6.07) is 0.219. The molecule has 3 unspecified atom stereocenters. The van der Waals surface area contributed by atoms with Crippen molar-refractivity contribution in [3.63, 3.8) is 0 Å². The van der Waals surface area contributed by atoms with Gasteiger partial charge in [0.1, 0.15) is 0 Å². The normalized spacial score (nSPS) is 33.5. The Kier molecular flexibility index (Phi) is 2.15. The highest BCUT2D eigenvalue weighted by atomic mass is 16.5. The number of carbonyl (C=O) groups excluding carboxylic acids is 1. The SMILES string of the molecule is COC(=O)C1=CC2NC2C(N=[N+]=[N-])C1. The first-order chi connectivity index (χ1) is 6.76. The van der Waals surface area contributed by atoms with Crippen LogP contribution in [0.1, 0.15) is 6.42 Å². The van der Waals surface area contributed by atoms with Crippen molar-refractivity contribution in [2.75, 3.05) is 7.11 Å². The molecule has 0 amide bonds. The third-order valence-electron chi connectivity index (χ3n) is 2.53. The molecule has 14 heavy (non-hydrogen) atoms. The predicted octanol–water partition coefficient (Wildman–Crippen LogP) is 0.509. The average molecular weight is 194 g/mol. The zero-order valence-corrected chi connectivity index (χ0v) is 7.67. The fraction of sp³-hybridized carbons (Fsp3) is 0.625. The first-order valence-corrected chi connectivity index (χ1v) is 4.35. The van der Waals surface area contributed by atoms with E-state index < -0.39 is 0 Å². The lowest BCUT2D eigenvalue weighted by molar-refractivity contribution is -0.136. The van der Waals surface area contributed by atoms with E-state index in [1.54, 1.807) is 0 Å². The summed E-state index contributed by atoms with van der Waals surface area (Å²) in [7, 11) is 1.35. The van der Waals surface area contributed by atoms with Crippen molar-refractivity contribution in [1.82, 2.24) is 5.32 Å². The van der Waals surface area contributed by atoms with Gasteiger partial charge in [0.15, 0.2) is 0 Å². The number of nitrogens with zero attached hydrogens (tertiary/aromatic N) is 3. The molecule has 2 rings (SSSR count). The summed E-state index contributed by atoms with van der Waals surface area (Å²) in [5.74, 6) is -0.338. The van der Waals surface area contributed by atoms with Crippen LogP contribution >= 0.6 is 0 Å². The Labute approximate surface area is 80.6 Å². The van der Waals surface area contributed by atoms with Crippen LogP contribution in [0, 0.1) is 0 Å². The van der Waals surface area contributed by atoms with E-state index in [-0.39, 0.29) is 24.1 Å². The Morgan fingerprint density at radius 3 is 3.29 bits per heavy atom. The van der Waals surface area contributed by atoms with Crippen LogP contribution in [0.25, 0.3) is 10.4 Å². The van der Waals surface area contributed by atoms with Gasteiger partial charge in [0, 0.05) is 22.6 Å². The van der Waals surface area contributed by atoms with E-state index in [0.29, 0.717) is 12.0 Å². The van der Waals surface area contributed by atoms with E-state index in [2.05, 4.69) is 20.1 Å². The maximum atomic E-state index is 11.2. The molecule has 0 aromatic carbocycles. The van der Waals surface area contributed by atoms with Crippen molar-refractivity contribution < 1.29 is 9.53 Å². The highest BCUT2D eigenvalue weighted by Crippen LogP contribution is 2.31. The van der Waals surface area contributed by atoms with Crippen LogP contribution in [-0.2, 0) is 9.53 Å². The second-order valence-electron chi connectivity index (χ2n) is 3.38. The molecule has 3 atom stereocenters. The van der Waals surface area contributed by atoms with Gasteiger partial charge in [-0.2, -0.15) is 0 Å². The molecule has 1 N–H and O–H groups in total. The molecule has 0 aromatic rings. The molecule has 0 spiro atoms. The minimum atomic E-state index is -0.338. The van der Waals surface area contributed by atoms with E-state index in [4.69, 9.17) is 5.53 Å². The van der Waals surface area contributed by atoms with Gasteiger partial charge in [-0.3, -0.25) is 0 Å². The smallest absolute Gasteiger partial charge is 0.333 e. The molecule has 1 fully saturated rings. The molecule has 1 saturated heterocycles. The molecule has 0 bridgehead atoms. The van der Waals surface area contributed by atoms with Gasteiger partial charge >= 0.3 is 5.97 Å². The Balaban J connectivity index is 2.14. The molecule has 1 aliphatic carbocycles. The molecule has 1 heterocycles. The fourth-order valence-corrected chi connectivity index (χ4v) is 1.77. The van der Waals surface area contributed by atoms with Crippen molar-refractivity contribution in [1.29, 1.82) is 0 Å². The standard InChI is InChI=1S/C8H10N4O2/c1-14-8(13)4-2-5-7(10-5)6(3-4)11-12-9/h2,5-7,10H,3H2,1H3. The minimum absolute atomic E-state index is 0.163. The maximum absolute atomic E-state index is 11.2. The second kappa shape index (κ2) is 3.32. The molecule has 74 valence electrons. The van der Waals surface area contributed by atoms with Gasteiger partial charge in [0.2, 0.25) is 0 Å². The van der Waals surface area contributed by atoms with E-state index in [9.17, 15) is 4.79 Å². The molecule has 0 radical (unpaired) electrons. The molecule has 1 aliphatic heterocycles. The molecular weight excluding hydrogens is 184 g/mol. The zero-order chi connectivity index (χ0) is 10.1. The molecule has 6 nitrogen and oxygen atoms in total. The van der Waals surface area contributed by atoms with Crippen LogP contribution in [0.5, 0.6) is 0 Å². The average Bonchev–Trinajstić information content (AvgIpc) is 2.96. The third kappa shape index (κ3) is 1.45. The van der Waals surface area contributed by atoms with E-state index in [1.807, 2.05) is 6.08 Å². The van der Waals surface area contributed by atoms with Gasteiger partial charge < -0.3 is 10.1 Å². The number of hydrogen-bond donors (Lipinski definition) is 1. The second-order valence-corrected chi connectivity index (χ2v) is 3.38. The molecule has 0 aromatic heterocycles. The summed E-state index contributed by atoms with van der Waals surface area (Å²) in [6.45, 7) is 0. The number of azide groups is 1. The van der Waals surface area contributed by atoms with Gasteiger partial charge in [-0.1, -0.05) is 11.2 Å². The summed E-state index contributed by atoms with van der Waals surface area (Å²) in [6.07, 6.45) is 2.31. The number of nitrogens with one attached hydrogen (secondary N) is 1. The zero-order valence-electron chi connectivity index (χ0n) is 7.67. The van der Waals surface area contributed by atoms with Crippen LogP contribution in [0.2, 0.25) is 0 Å². The topological polar surface area (TPSA) is 97.0 Å². The number of esters is 1. The Bertz CT molecular complexity index is 345. The van der Waals surface area contributed by atoms with E-state index >= 15 is 0 Å². The number of rotatable bonds is 2. The van der Waals surface area contributed by atoms with Gasteiger partial charge in [-0.15, -0.1) is 0 Å². The highest BCUT2D eigenvalue weighted by Gasteiger charge is 2.45. The van der Waals surface area contributed by atoms with Crippen LogP contribution < -0.4 is 5.32 Å². The minimum Gasteiger partial charge on any atom is -0.466 e. The van der Waals surface area contributed by atoms with Gasteiger partial charge in [-0.25, -0.2) is 4.79 Å².